The zero-order valence-electron chi connectivity index (χ0n) is 15.6. The SMILES string of the molecule is CCCN(CCC)c1ccc(/C=C2/N=C(c3ccc(F)cc3)OC2=O)cc1. The lowest BCUT2D eigenvalue weighted by molar-refractivity contribution is -0.129. The molecule has 0 radical (unpaired) electrons. The maximum absolute atomic E-state index is 13.0. The third kappa shape index (κ3) is 4.61. The van der Waals surface area contributed by atoms with Crippen molar-refractivity contribution in [1.82, 2.24) is 0 Å². The highest BCUT2D eigenvalue weighted by molar-refractivity contribution is 6.12. The number of benzene rings is 2. The Hall–Kier alpha value is -2.95. The normalized spacial score (nSPS) is 15.0. The molecule has 27 heavy (non-hydrogen) atoms. The zero-order valence-corrected chi connectivity index (χ0v) is 15.6. The van der Waals surface area contributed by atoms with Crippen LogP contribution in [0.15, 0.2) is 59.2 Å². The summed E-state index contributed by atoms with van der Waals surface area (Å²) < 4.78 is 18.2. The fraction of sp³-hybridized carbons (Fsp3) is 0.273. The Morgan fingerprint density at radius 1 is 1.00 bits per heavy atom. The number of aliphatic imine (C=N–C) groups is 1. The molecule has 0 N–H and O–H groups in total. The molecule has 2 aromatic carbocycles. The molecule has 0 saturated heterocycles. The number of carbonyl (C=O) groups excluding carboxylic acids is 1. The summed E-state index contributed by atoms with van der Waals surface area (Å²) in [5.41, 5.74) is 2.85. The average Bonchev–Trinajstić information content (AvgIpc) is 3.03. The number of rotatable bonds is 7. The molecule has 0 amide bonds. The van der Waals surface area contributed by atoms with Crippen LogP contribution in [-0.2, 0) is 9.53 Å². The average molecular weight is 366 g/mol. The van der Waals surface area contributed by atoms with Crippen molar-refractivity contribution in [2.24, 2.45) is 4.99 Å². The summed E-state index contributed by atoms with van der Waals surface area (Å²) in [6.45, 7) is 6.38. The number of ether oxygens (including phenoxy) is 1. The molecule has 1 aliphatic heterocycles. The summed E-state index contributed by atoms with van der Waals surface area (Å²) in [5.74, 6) is -0.656. The van der Waals surface area contributed by atoms with Crippen molar-refractivity contribution in [1.29, 1.82) is 0 Å². The molecule has 0 fully saturated rings. The van der Waals surface area contributed by atoms with Gasteiger partial charge in [-0.2, -0.15) is 0 Å². The molecular formula is C22H23FN2O2. The third-order valence-corrected chi connectivity index (χ3v) is 4.26. The van der Waals surface area contributed by atoms with Gasteiger partial charge in [0.1, 0.15) is 5.82 Å². The van der Waals surface area contributed by atoms with Crippen LogP contribution >= 0.6 is 0 Å². The van der Waals surface area contributed by atoms with Gasteiger partial charge in [-0.05, 0) is 60.9 Å². The number of halogens is 1. The topological polar surface area (TPSA) is 41.9 Å². The molecule has 1 heterocycles. The van der Waals surface area contributed by atoms with Crippen molar-refractivity contribution in [3.05, 3.63) is 71.2 Å². The van der Waals surface area contributed by atoms with Gasteiger partial charge in [0.25, 0.3) is 0 Å². The quantitative estimate of drug-likeness (QED) is 0.522. The zero-order chi connectivity index (χ0) is 19.2. The maximum Gasteiger partial charge on any atom is 0.363 e. The second kappa shape index (κ2) is 8.62. The fourth-order valence-corrected chi connectivity index (χ4v) is 2.97. The Balaban J connectivity index is 1.79. The minimum Gasteiger partial charge on any atom is -0.402 e. The van der Waals surface area contributed by atoms with Gasteiger partial charge in [-0.3, -0.25) is 0 Å². The first kappa shape index (κ1) is 18.8. The number of hydrogen-bond acceptors (Lipinski definition) is 4. The van der Waals surface area contributed by atoms with E-state index in [1.807, 2.05) is 12.1 Å². The van der Waals surface area contributed by atoms with E-state index in [9.17, 15) is 9.18 Å². The number of hydrogen-bond donors (Lipinski definition) is 0. The molecule has 2 aromatic rings. The monoisotopic (exact) mass is 366 g/mol. The van der Waals surface area contributed by atoms with E-state index in [4.69, 9.17) is 4.74 Å². The van der Waals surface area contributed by atoms with E-state index in [0.29, 0.717) is 5.56 Å². The Kier molecular flexibility index (Phi) is 6.01. The summed E-state index contributed by atoms with van der Waals surface area (Å²) >= 11 is 0. The highest BCUT2D eigenvalue weighted by Crippen LogP contribution is 2.21. The molecule has 3 rings (SSSR count). The largest absolute Gasteiger partial charge is 0.402 e. The highest BCUT2D eigenvalue weighted by atomic mass is 19.1. The molecule has 0 spiro atoms. The minimum absolute atomic E-state index is 0.194. The highest BCUT2D eigenvalue weighted by Gasteiger charge is 2.24. The van der Waals surface area contributed by atoms with Crippen molar-refractivity contribution >= 4 is 23.6 Å². The fourth-order valence-electron chi connectivity index (χ4n) is 2.97. The summed E-state index contributed by atoms with van der Waals surface area (Å²) in [6, 6.07) is 13.8. The molecule has 0 aliphatic carbocycles. The smallest absolute Gasteiger partial charge is 0.363 e. The van der Waals surface area contributed by atoms with E-state index >= 15 is 0 Å². The number of esters is 1. The number of carbonyl (C=O) groups is 1. The molecule has 4 nitrogen and oxygen atoms in total. The number of anilines is 1. The molecular weight excluding hydrogens is 343 g/mol. The van der Waals surface area contributed by atoms with Gasteiger partial charge in [0.15, 0.2) is 5.70 Å². The van der Waals surface area contributed by atoms with Crippen molar-refractivity contribution in [2.45, 2.75) is 26.7 Å². The van der Waals surface area contributed by atoms with Gasteiger partial charge in [-0.25, -0.2) is 14.2 Å². The van der Waals surface area contributed by atoms with Crippen LogP contribution in [0.2, 0.25) is 0 Å². The van der Waals surface area contributed by atoms with E-state index in [1.54, 1.807) is 6.08 Å². The Labute approximate surface area is 159 Å². The molecule has 0 unspecified atom stereocenters. The van der Waals surface area contributed by atoms with Gasteiger partial charge in [0.05, 0.1) is 0 Å². The number of cyclic esters (lactones) is 1. The second-order valence-corrected chi connectivity index (χ2v) is 6.42. The lowest BCUT2D eigenvalue weighted by Crippen LogP contribution is -2.24. The van der Waals surface area contributed by atoms with Crippen molar-refractivity contribution in [3.8, 4) is 0 Å². The van der Waals surface area contributed by atoms with Gasteiger partial charge in [0, 0.05) is 24.3 Å². The van der Waals surface area contributed by atoms with Gasteiger partial charge in [0.2, 0.25) is 5.90 Å². The van der Waals surface area contributed by atoms with Crippen LogP contribution in [0, 0.1) is 5.82 Å². The van der Waals surface area contributed by atoms with Crippen LogP contribution in [-0.4, -0.2) is 25.0 Å². The van der Waals surface area contributed by atoms with Crippen LogP contribution in [0.3, 0.4) is 0 Å². The Bertz CT molecular complexity index is 849. The molecule has 0 bridgehead atoms. The first-order chi connectivity index (χ1) is 13.1. The molecule has 0 saturated carbocycles. The Morgan fingerprint density at radius 2 is 1.63 bits per heavy atom. The van der Waals surface area contributed by atoms with Crippen molar-refractivity contribution in [3.63, 3.8) is 0 Å². The van der Waals surface area contributed by atoms with Crippen molar-refractivity contribution in [2.75, 3.05) is 18.0 Å². The molecule has 0 aromatic heterocycles. The van der Waals surface area contributed by atoms with E-state index in [-0.39, 0.29) is 17.4 Å². The maximum atomic E-state index is 13.0. The van der Waals surface area contributed by atoms with Crippen LogP contribution in [0.5, 0.6) is 0 Å². The van der Waals surface area contributed by atoms with E-state index < -0.39 is 5.97 Å². The molecule has 0 atom stereocenters. The van der Waals surface area contributed by atoms with Crippen LogP contribution in [0.25, 0.3) is 6.08 Å². The summed E-state index contributed by atoms with van der Waals surface area (Å²) in [7, 11) is 0. The lowest BCUT2D eigenvalue weighted by atomic mass is 10.1. The predicted molar refractivity (Wildman–Crippen MR) is 106 cm³/mol. The third-order valence-electron chi connectivity index (χ3n) is 4.26. The minimum atomic E-state index is -0.503. The molecule has 1 aliphatic rings. The lowest BCUT2D eigenvalue weighted by Gasteiger charge is -2.23. The molecule has 5 heteroatoms. The standard InChI is InChI=1S/C22H23FN2O2/c1-3-13-25(14-4-2)19-11-5-16(6-12-19)15-20-22(26)27-21(24-20)17-7-9-18(23)10-8-17/h5-12,15H,3-4,13-14H2,1-2H3/b20-15+. The molecule has 140 valence electrons. The summed E-state index contributed by atoms with van der Waals surface area (Å²) in [6.07, 6.45) is 3.89. The predicted octanol–water partition coefficient (Wildman–Crippen LogP) is 4.80. The van der Waals surface area contributed by atoms with E-state index in [0.717, 1.165) is 31.5 Å². The van der Waals surface area contributed by atoms with E-state index in [1.165, 1.54) is 30.0 Å². The van der Waals surface area contributed by atoms with Crippen molar-refractivity contribution < 1.29 is 13.9 Å². The Morgan fingerprint density at radius 3 is 2.22 bits per heavy atom. The van der Waals surface area contributed by atoms with Crippen LogP contribution in [0.4, 0.5) is 10.1 Å². The first-order valence-electron chi connectivity index (χ1n) is 9.24. The van der Waals surface area contributed by atoms with Gasteiger partial charge < -0.3 is 9.64 Å². The summed E-state index contributed by atoms with van der Waals surface area (Å²) in [5, 5.41) is 0. The first-order valence-corrected chi connectivity index (χ1v) is 9.24. The van der Waals surface area contributed by atoms with Gasteiger partial charge in [-0.1, -0.05) is 26.0 Å². The van der Waals surface area contributed by atoms with Crippen LogP contribution < -0.4 is 4.90 Å². The van der Waals surface area contributed by atoms with Crippen LogP contribution in [0.1, 0.15) is 37.8 Å². The van der Waals surface area contributed by atoms with Gasteiger partial charge in [-0.15, -0.1) is 0 Å². The second-order valence-electron chi connectivity index (χ2n) is 6.42. The van der Waals surface area contributed by atoms with E-state index in [2.05, 4.69) is 35.9 Å². The summed E-state index contributed by atoms with van der Waals surface area (Å²) in [4.78, 5) is 18.7. The van der Waals surface area contributed by atoms with Gasteiger partial charge >= 0.3 is 5.97 Å². The number of nitrogens with zero attached hydrogens (tertiary/aromatic N) is 2.